The summed E-state index contributed by atoms with van der Waals surface area (Å²) in [6.07, 6.45) is 5.93. The summed E-state index contributed by atoms with van der Waals surface area (Å²) in [6, 6.07) is 16.9. The van der Waals surface area contributed by atoms with E-state index < -0.39 is 0 Å². The molecule has 1 atom stereocenters. The molecular formula is C24H30N2O2. The summed E-state index contributed by atoms with van der Waals surface area (Å²) < 4.78 is 5.72. The zero-order valence-corrected chi connectivity index (χ0v) is 16.7. The van der Waals surface area contributed by atoms with Gasteiger partial charge in [0.2, 0.25) is 0 Å². The average molecular weight is 379 g/mol. The van der Waals surface area contributed by atoms with Crippen LogP contribution in [0, 0.1) is 5.92 Å². The molecule has 1 aliphatic carbocycles. The molecule has 2 aliphatic rings. The van der Waals surface area contributed by atoms with E-state index in [0.717, 1.165) is 24.7 Å². The summed E-state index contributed by atoms with van der Waals surface area (Å²) in [5, 5.41) is 3.02. The smallest absolute Gasteiger partial charge is 0.251 e. The Morgan fingerprint density at radius 1 is 1.07 bits per heavy atom. The number of carbonyl (C=O) groups is 1. The first-order valence-corrected chi connectivity index (χ1v) is 10.5. The number of benzene rings is 2. The second-order valence-electron chi connectivity index (χ2n) is 8.16. The molecule has 1 saturated heterocycles. The maximum Gasteiger partial charge on any atom is 0.251 e. The van der Waals surface area contributed by atoms with Gasteiger partial charge >= 0.3 is 0 Å². The number of carbonyl (C=O) groups excluding carboxylic acids is 1. The molecule has 4 nitrogen and oxygen atoms in total. The minimum absolute atomic E-state index is 0.0297. The summed E-state index contributed by atoms with van der Waals surface area (Å²) in [5.74, 6) is 1.55. The zero-order valence-electron chi connectivity index (χ0n) is 16.7. The van der Waals surface area contributed by atoms with Crippen molar-refractivity contribution < 1.29 is 9.53 Å². The van der Waals surface area contributed by atoms with Gasteiger partial charge in [0.1, 0.15) is 5.75 Å². The van der Waals surface area contributed by atoms with Crippen LogP contribution in [-0.2, 0) is 6.42 Å². The van der Waals surface area contributed by atoms with Crippen LogP contribution in [0.25, 0.3) is 0 Å². The number of amides is 1. The van der Waals surface area contributed by atoms with E-state index in [2.05, 4.69) is 41.5 Å². The first-order valence-electron chi connectivity index (χ1n) is 10.5. The predicted octanol–water partition coefficient (Wildman–Crippen LogP) is 4.21. The molecule has 0 radical (unpaired) electrons. The molecule has 1 N–H and O–H groups in total. The molecule has 2 aromatic rings. The summed E-state index contributed by atoms with van der Waals surface area (Å²) in [6.45, 7) is 2.62. The van der Waals surface area contributed by atoms with E-state index in [0.29, 0.717) is 18.2 Å². The fourth-order valence-electron chi connectivity index (χ4n) is 3.86. The predicted molar refractivity (Wildman–Crippen MR) is 112 cm³/mol. The number of ether oxygens (including phenoxy) is 1. The highest BCUT2D eigenvalue weighted by molar-refractivity contribution is 5.94. The first-order chi connectivity index (χ1) is 13.7. The number of rotatable bonds is 8. The number of likely N-dealkylation sites (tertiary alicyclic amines) is 1. The number of hydrogen-bond donors (Lipinski definition) is 1. The van der Waals surface area contributed by atoms with Crippen LogP contribution in [0.4, 0.5) is 0 Å². The molecule has 0 bridgehead atoms. The standard InChI is InChI=1S/C24H30N2O2/c1-26-16-2-3-23(26)20-8-6-18(7-9-20)14-15-25-24(27)21-10-12-22(13-11-21)28-17-19-4-5-19/h6-13,19,23H,2-5,14-17H2,1H3,(H,25,27). The van der Waals surface area contributed by atoms with E-state index >= 15 is 0 Å². The van der Waals surface area contributed by atoms with Gasteiger partial charge in [0.05, 0.1) is 6.61 Å². The van der Waals surface area contributed by atoms with Crippen molar-refractivity contribution in [3.63, 3.8) is 0 Å². The summed E-state index contributed by atoms with van der Waals surface area (Å²) in [4.78, 5) is 14.8. The van der Waals surface area contributed by atoms with Crippen molar-refractivity contribution in [2.45, 2.75) is 38.1 Å². The van der Waals surface area contributed by atoms with Crippen molar-refractivity contribution in [1.82, 2.24) is 10.2 Å². The highest BCUT2D eigenvalue weighted by Gasteiger charge is 2.22. The van der Waals surface area contributed by atoms with E-state index in [1.807, 2.05) is 24.3 Å². The lowest BCUT2D eigenvalue weighted by atomic mass is 10.0. The molecule has 0 spiro atoms. The van der Waals surface area contributed by atoms with Gasteiger partial charge in [-0.15, -0.1) is 0 Å². The third kappa shape index (κ3) is 4.93. The van der Waals surface area contributed by atoms with Gasteiger partial charge in [-0.3, -0.25) is 9.69 Å². The first kappa shape index (κ1) is 19.0. The van der Waals surface area contributed by atoms with Gasteiger partial charge in [0.25, 0.3) is 5.91 Å². The summed E-state index contributed by atoms with van der Waals surface area (Å²) in [5.41, 5.74) is 3.34. The Morgan fingerprint density at radius 3 is 2.46 bits per heavy atom. The van der Waals surface area contributed by atoms with Crippen molar-refractivity contribution in [2.75, 3.05) is 26.7 Å². The van der Waals surface area contributed by atoms with Crippen molar-refractivity contribution >= 4 is 5.91 Å². The van der Waals surface area contributed by atoms with Crippen LogP contribution < -0.4 is 10.1 Å². The largest absolute Gasteiger partial charge is 0.493 e. The SMILES string of the molecule is CN1CCCC1c1ccc(CCNC(=O)c2ccc(OCC3CC3)cc2)cc1. The van der Waals surface area contributed by atoms with Crippen LogP contribution in [0.1, 0.15) is 53.2 Å². The molecule has 148 valence electrons. The highest BCUT2D eigenvalue weighted by Crippen LogP contribution is 2.30. The van der Waals surface area contributed by atoms with Gasteiger partial charge in [-0.2, -0.15) is 0 Å². The number of nitrogens with one attached hydrogen (secondary N) is 1. The Kier molecular flexibility index (Phi) is 5.96. The van der Waals surface area contributed by atoms with Gasteiger partial charge in [-0.1, -0.05) is 24.3 Å². The van der Waals surface area contributed by atoms with Gasteiger partial charge in [0, 0.05) is 18.2 Å². The fraction of sp³-hybridized carbons (Fsp3) is 0.458. The molecule has 0 aromatic heterocycles. The maximum atomic E-state index is 12.3. The lowest BCUT2D eigenvalue weighted by Gasteiger charge is -2.20. The quantitative estimate of drug-likeness (QED) is 0.748. The maximum absolute atomic E-state index is 12.3. The van der Waals surface area contributed by atoms with Crippen LogP contribution in [0.15, 0.2) is 48.5 Å². The second kappa shape index (κ2) is 8.78. The van der Waals surface area contributed by atoms with E-state index in [1.165, 1.54) is 43.4 Å². The minimum atomic E-state index is -0.0297. The lowest BCUT2D eigenvalue weighted by Crippen LogP contribution is -2.25. The van der Waals surface area contributed by atoms with Crippen LogP contribution >= 0.6 is 0 Å². The zero-order chi connectivity index (χ0) is 19.3. The molecule has 2 fully saturated rings. The number of nitrogens with zero attached hydrogens (tertiary/aromatic N) is 1. The van der Waals surface area contributed by atoms with E-state index in [9.17, 15) is 4.79 Å². The van der Waals surface area contributed by atoms with Crippen LogP contribution in [0.5, 0.6) is 5.75 Å². The van der Waals surface area contributed by atoms with E-state index in [-0.39, 0.29) is 5.91 Å². The Hall–Kier alpha value is -2.33. The van der Waals surface area contributed by atoms with E-state index in [4.69, 9.17) is 4.74 Å². The fourth-order valence-corrected chi connectivity index (χ4v) is 3.86. The van der Waals surface area contributed by atoms with Gasteiger partial charge < -0.3 is 10.1 Å². The van der Waals surface area contributed by atoms with E-state index in [1.54, 1.807) is 0 Å². The molecule has 1 saturated carbocycles. The monoisotopic (exact) mass is 378 g/mol. The molecule has 1 aliphatic heterocycles. The van der Waals surface area contributed by atoms with Crippen molar-refractivity contribution in [3.05, 3.63) is 65.2 Å². The van der Waals surface area contributed by atoms with Crippen LogP contribution in [-0.4, -0.2) is 37.6 Å². The second-order valence-corrected chi connectivity index (χ2v) is 8.16. The lowest BCUT2D eigenvalue weighted by molar-refractivity contribution is 0.0954. The topological polar surface area (TPSA) is 41.6 Å². The average Bonchev–Trinajstić information content (AvgIpc) is 3.46. The molecule has 4 rings (SSSR count). The molecule has 28 heavy (non-hydrogen) atoms. The van der Waals surface area contributed by atoms with Gasteiger partial charge in [0.15, 0.2) is 0 Å². The summed E-state index contributed by atoms with van der Waals surface area (Å²) >= 11 is 0. The Balaban J connectivity index is 1.22. The summed E-state index contributed by atoms with van der Waals surface area (Å²) in [7, 11) is 2.20. The molecule has 1 unspecified atom stereocenters. The number of hydrogen-bond acceptors (Lipinski definition) is 3. The third-order valence-corrected chi connectivity index (χ3v) is 5.88. The van der Waals surface area contributed by atoms with Gasteiger partial charge in [-0.25, -0.2) is 0 Å². The van der Waals surface area contributed by atoms with Crippen molar-refractivity contribution in [2.24, 2.45) is 5.92 Å². The normalized spacial score (nSPS) is 19.5. The Morgan fingerprint density at radius 2 is 1.82 bits per heavy atom. The van der Waals surface area contributed by atoms with Crippen LogP contribution in [0.3, 0.4) is 0 Å². The van der Waals surface area contributed by atoms with Crippen LogP contribution in [0.2, 0.25) is 0 Å². The molecular weight excluding hydrogens is 348 g/mol. The third-order valence-electron chi connectivity index (χ3n) is 5.88. The molecule has 1 amide bonds. The molecule has 4 heteroatoms. The van der Waals surface area contributed by atoms with Crippen molar-refractivity contribution in [3.8, 4) is 5.75 Å². The Labute approximate surface area is 167 Å². The highest BCUT2D eigenvalue weighted by atomic mass is 16.5. The van der Waals surface area contributed by atoms with Gasteiger partial charge in [-0.05, 0) is 87.0 Å². The molecule has 1 heterocycles. The minimum Gasteiger partial charge on any atom is -0.493 e. The Bertz CT molecular complexity index is 781. The molecule has 2 aromatic carbocycles. The van der Waals surface area contributed by atoms with Crippen molar-refractivity contribution in [1.29, 1.82) is 0 Å².